The van der Waals surface area contributed by atoms with Crippen LogP contribution in [0, 0.1) is 0 Å². The molecule has 108 valence electrons. The van der Waals surface area contributed by atoms with E-state index >= 15 is 0 Å². The SMILES string of the molecule is CCNCc1cc(COc2ccccc2OCC)on1. The monoisotopic (exact) mass is 276 g/mol. The molecule has 1 N–H and O–H groups in total. The van der Waals surface area contributed by atoms with E-state index in [2.05, 4.69) is 17.4 Å². The summed E-state index contributed by atoms with van der Waals surface area (Å²) in [4.78, 5) is 0. The third-order valence-corrected chi connectivity index (χ3v) is 2.68. The van der Waals surface area contributed by atoms with Crippen molar-refractivity contribution >= 4 is 0 Å². The summed E-state index contributed by atoms with van der Waals surface area (Å²) in [5.41, 5.74) is 0.878. The van der Waals surface area contributed by atoms with E-state index in [1.165, 1.54) is 0 Å². The zero-order valence-corrected chi connectivity index (χ0v) is 11.9. The molecular formula is C15H20N2O3. The Morgan fingerprint density at radius 3 is 2.60 bits per heavy atom. The summed E-state index contributed by atoms with van der Waals surface area (Å²) in [6, 6.07) is 9.48. The van der Waals surface area contributed by atoms with E-state index < -0.39 is 0 Å². The molecule has 1 heterocycles. The lowest BCUT2D eigenvalue weighted by molar-refractivity contribution is 0.233. The van der Waals surface area contributed by atoms with E-state index in [4.69, 9.17) is 14.0 Å². The van der Waals surface area contributed by atoms with Crippen LogP contribution >= 0.6 is 0 Å². The first-order valence-corrected chi connectivity index (χ1v) is 6.83. The highest BCUT2D eigenvalue weighted by Gasteiger charge is 2.07. The fourth-order valence-electron chi connectivity index (χ4n) is 1.75. The maximum atomic E-state index is 5.71. The standard InChI is InChI=1S/C15H20N2O3/c1-3-16-10-12-9-13(20-17-12)11-19-15-8-6-5-7-14(15)18-4-2/h5-9,16H,3-4,10-11H2,1-2H3. The molecule has 1 aromatic heterocycles. The molecule has 5 nitrogen and oxygen atoms in total. The van der Waals surface area contributed by atoms with Gasteiger partial charge in [-0.1, -0.05) is 24.2 Å². The second-order valence-corrected chi connectivity index (χ2v) is 4.23. The minimum Gasteiger partial charge on any atom is -0.490 e. The van der Waals surface area contributed by atoms with Crippen molar-refractivity contribution in [2.45, 2.75) is 27.0 Å². The van der Waals surface area contributed by atoms with Crippen molar-refractivity contribution in [2.75, 3.05) is 13.2 Å². The van der Waals surface area contributed by atoms with E-state index in [1.807, 2.05) is 37.3 Å². The quantitative estimate of drug-likeness (QED) is 0.803. The van der Waals surface area contributed by atoms with Gasteiger partial charge in [0, 0.05) is 12.6 Å². The van der Waals surface area contributed by atoms with Gasteiger partial charge < -0.3 is 19.3 Å². The van der Waals surface area contributed by atoms with Gasteiger partial charge in [0.05, 0.1) is 12.3 Å². The van der Waals surface area contributed by atoms with Crippen LogP contribution in [0.5, 0.6) is 11.5 Å². The third-order valence-electron chi connectivity index (χ3n) is 2.68. The zero-order valence-electron chi connectivity index (χ0n) is 11.9. The Morgan fingerprint density at radius 1 is 1.15 bits per heavy atom. The Balaban J connectivity index is 1.93. The van der Waals surface area contributed by atoms with Crippen LogP contribution in [0.15, 0.2) is 34.9 Å². The molecule has 1 aromatic carbocycles. The van der Waals surface area contributed by atoms with Gasteiger partial charge in [0.15, 0.2) is 17.3 Å². The lowest BCUT2D eigenvalue weighted by Gasteiger charge is -2.09. The number of nitrogens with one attached hydrogen (secondary N) is 1. The summed E-state index contributed by atoms with van der Waals surface area (Å²) in [5, 5.41) is 7.17. The van der Waals surface area contributed by atoms with Crippen molar-refractivity contribution < 1.29 is 14.0 Å². The third kappa shape index (κ3) is 3.99. The average Bonchev–Trinajstić information content (AvgIpc) is 2.92. The minimum absolute atomic E-state index is 0.337. The molecule has 0 unspecified atom stereocenters. The van der Waals surface area contributed by atoms with Gasteiger partial charge in [-0.2, -0.15) is 0 Å². The highest BCUT2D eigenvalue weighted by atomic mass is 16.5. The Morgan fingerprint density at radius 2 is 1.90 bits per heavy atom. The molecule has 0 bridgehead atoms. The second-order valence-electron chi connectivity index (χ2n) is 4.23. The maximum absolute atomic E-state index is 5.71. The van der Waals surface area contributed by atoms with Gasteiger partial charge in [-0.25, -0.2) is 0 Å². The maximum Gasteiger partial charge on any atom is 0.174 e. The Labute approximate surface area is 118 Å². The molecule has 0 atom stereocenters. The Bertz CT molecular complexity index is 525. The number of aromatic nitrogens is 1. The summed E-state index contributed by atoms with van der Waals surface area (Å²) in [7, 11) is 0. The molecule has 0 saturated carbocycles. The van der Waals surface area contributed by atoms with E-state index in [0.717, 1.165) is 18.0 Å². The average molecular weight is 276 g/mol. The number of rotatable bonds is 8. The number of hydrogen-bond donors (Lipinski definition) is 1. The minimum atomic E-state index is 0.337. The number of ether oxygens (including phenoxy) is 2. The molecule has 2 aromatic rings. The first-order chi connectivity index (χ1) is 9.83. The van der Waals surface area contributed by atoms with Gasteiger partial charge in [-0.05, 0) is 25.6 Å². The molecule has 0 aliphatic rings. The molecular weight excluding hydrogens is 256 g/mol. The molecule has 20 heavy (non-hydrogen) atoms. The van der Waals surface area contributed by atoms with E-state index in [0.29, 0.717) is 31.3 Å². The molecule has 0 aliphatic heterocycles. The van der Waals surface area contributed by atoms with Crippen LogP contribution in [-0.4, -0.2) is 18.3 Å². The van der Waals surface area contributed by atoms with Gasteiger partial charge in [-0.3, -0.25) is 0 Å². The van der Waals surface area contributed by atoms with Crippen molar-refractivity contribution in [1.82, 2.24) is 10.5 Å². The predicted molar refractivity (Wildman–Crippen MR) is 75.8 cm³/mol. The van der Waals surface area contributed by atoms with Crippen LogP contribution in [0.1, 0.15) is 25.3 Å². The highest BCUT2D eigenvalue weighted by Crippen LogP contribution is 2.27. The van der Waals surface area contributed by atoms with Crippen molar-refractivity contribution in [3.05, 3.63) is 41.8 Å². The lowest BCUT2D eigenvalue weighted by atomic mass is 10.3. The van der Waals surface area contributed by atoms with Gasteiger partial charge >= 0.3 is 0 Å². The molecule has 5 heteroatoms. The fraction of sp³-hybridized carbons (Fsp3) is 0.400. The van der Waals surface area contributed by atoms with Gasteiger partial charge in [0.2, 0.25) is 0 Å². The normalized spacial score (nSPS) is 10.5. The summed E-state index contributed by atoms with van der Waals surface area (Å²) in [6.07, 6.45) is 0. The largest absolute Gasteiger partial charge is 0.490 e. The topological polar surface area (TPSA) is 56.5 Å². The van der Waals surface area contributed by atoms with Crippen LogP contribution in [0.25, 0.3) is 0 Å². The first kappa shape index (κ1) is 14.4. The summed E-state index contributed by atoms with van der Waals surface area (Å²) in [6.45, 7) is 6.55. The van der Waals surface area contributed by atoms with Crippen LogP contribution in [0.3, 0.4) is 0 Å². The Kier molecular flexibility index (Phi) is 5.43. The van der Waals surface area contributed by atoms with E-state index in [9.17, 15) is 0 Å². The number of nitrogens with zero attached hydrogens (tertiary/aromatic N) is 1. The van der Waals surface area contributed by atoms with Crippen molar-refractivity contribution in [3.63, 3.8) is 0 Å². The fourth-order valence-corrected chi connectivity index (χ4v) is 1.75. The predicted octanol–water partition coefficient (Wildman–Crippen LogP) is 2.76. The first-order valence-electron chi connectivity index (χ1n) is 6.83. The van der Waals surface area contributed by atoms with Crippen LogP contribution in [-0.2, 0) is 13.2 Å². The van der Waals surface area contributed by atoms with Crippen molar-refractivity contribution in [1.29, 1.82) is 0 Å². The summed E-state index contributed by atoms with van der Waals surface area (Å²) >= 11 is 0. The Hall–Kier alpha value is -2.01. The molecule has 0 fully saturated rings. The van der Waals surface area contributed by atoms with Crippen LogP contribution in [0.2, 0.25) is 0 Å². The molecule has 2 rings (SSSR count). The zero-order chi connectivity index (χ0) is 14.2. The molecule has 0 radical (unpaired) electrons. The smallest absolute Gasteiger partial charge is 0.174 e. The molecule has 0 spiro atoms. The summed E-state index contributed by atoms with van der Waals surface area (Å²) < 4.78 is 16.4. The number of hydrogen-bond acceptors (Lipinski definition) is 5. The number of para-hydroxylation sites is 2. The van der Waals surface area contributed by atoms with E-state index in [1.54, 1.807) is 0 Å². The van der Waals surface area contributed by atoms with Crippen molar-refractivity contribution in [3.8, 4) is 11.5 Å². The van der Waals surface area contributed by atoms with Crippen molar-refractivity contribution in [2.24, 2.45) is 0 Å². The highest BCUT2D eigenvalue weighted by molar-refractivity contribution is 5.39. The second kappa shape index (κ2) is 7.55. The summed E-state index contributed by atoms with van der Waals surface area (Å²) in [5.74, 6) is 2.14. The molecule has 0 amide bonds. The molecule has 0 saturated heterocycles. The van der Waals surface area contributed by atoms with Crippen LogP contribution < -0.4 is 14.8 Å². The van der Waals surface area contributed by atoms with Crippen LogP contribution in [0.4, 0.5) is 0 Å². The van der Waals surface area contributed by atoms with E-state index in [-0.39, 0.29) is 0 Å². The number of benzene rings is 1. The lowest BCUT2D eigenvalue weighted by Crippen LogP contribution is -2.11. The molecule has 0 aliphatic carbocycles. The van der Waals surface area contributed by atoms with Gasteiger partial charge in [0.25, 0.3) is 0 Å². The van der Waals surface area contributed by atoms with Gasteiger partial charge in [0.1, 0.15) is 6.61 Å². The van der Waals surface area contributed by atoms with Gasteiger partial charge in [-0.15, -0.1) is 0 Å².